The summed E-state index contributed by atoms with van der Waals surface area (Å²) in [5.74, 6) is 0. The van der Waals surface area contributed by atoms with E-state index in [1.54, 1.807) is 0 Å². The second-order valence-electron chi connectivity index (χ2n) is 4.38. The largest absolute Gasteiger partial charge is 0.314 e. The Hall–Kier alpha value is 0.490. The molecule has 0 unspecified atom stereocenters. The SMILES string of the molecule is CC[C@@H](c1cc(Cl)ccc1Br)N1CCNCC1.Cl.Cl. The van der Waals surface area contributed by atoms with Crippen molar-refractivity contribution in [1.82, 2.24) is 10.2 Å². The highest BCUT2D eigenvalue weighted by Gasteiger charge is 2.22. The zero-order chi connectivity index (χ0) is 12.3. The molecule has 1 aromatic carbocycles. The van der Waals surface area contributed by atoms with Crippen molar-refractivity contribution in [2.45, 2.75) is 19.4 Å². The lowest BCUT2D eigenvalue weighted by Gasteiger charge is -2.35. The van der Waals surface area contributed by atoms with Crippen LogP contribution in [0, 0.1) is 0 Å². The van der Waals surface area contributed by atoms with Crippen LogP contribution >= 0.6 is 52.3 Å². The van der Waals surface area contributed by atoms with E-state index in [2.05, 4.69) is 39.1 Å². The summed E-state index contributed by atoms with van der Waals surface area (Å²) in [5.41, 5.74) is 1.31. The summed E-state index contributed by atoms with van der Waals surface area (Å²) in [6.45, 7) is 6.61. The first kappa shape index (κ1) is 19.5. The second-order valence-corrected chi connectivity index (χ2v) is 5.67. The standard InChI is InChI=1S/C13H18BrClN2.2ClH/c1-2-13(17-7-5-16-6-8-17)11-9-10(15)3-4-12(11)14;;/h3-4,9,13,16H,2,5-8H2,1H3;2*1H/t13-;;/m0../s1. The predicted octanol–water partition coefficient (Wildman–Crippen LogP) is 4.30. The van der Waals surface area contributed by atoms with E-state index in [0.717, 1.165) is 42.1 Å². The van der Waals surface area contributed by atoms with Crippen LogP contribution in [0.15, 0.2) is 22.7 Å². The first-order valence-electron chi connectivity index (χ1n) is 6.12. The van der Waals surface area contributed by atoms with E-state index in [-0.39, 0.29) is 24.8 Å². The van der Waals surface area contributed by atoms with E-state index in [4.69, 9.17) is 11.6 Å². The summed E-state index contributed by atoms with van der Waals surface area (Å²) in [4.78, 5) is 2.53. The molecule has 2 rings (SSSR count). The third kappa shape index (κ3) is 5.07. The molecule has 0 aliphatic carbocycles. The Morgan fingerprint density at radius 2 is 1.95 bits per heavy atom. The van der Waals surface area contributed by atoms with Crippen molar-refractivity contribution < 1.29 is 0 Å². The van der Waals surface area contributed by atoms with Crippen LogP contribution in [0.5, 0.6) is 0 Å². The average Bonchev–Trinajstić information content (AvgIpc) is 2.36. The van der Waals surface area contributed by atoms with Crippen LogP contribution < -0.4 is 5.32 Å². The van der Waals surface area contributed by atoms with Gasteiger partial charge < -0.3 is 5.32 Å². The van der Waals surface area contributed by atoms with Gasteiger partial charge in [-0.3, -0.25) is 4.90 Å². The lowest BCUT2D eigenvalue weighted by Crippen LogP contribution is -2.45. The Balaban J connectivity index is 0.00000162. The Labute approximate surface area is 141 Å². The molecule has 2 nitrogen and oxygen atoms in total. The van der Waals surface area contributed by atoms with E-state index >= 15 is 0 Å². The zero-order valence-electron chi connectivity index (χ0n) is 10.9. The Kier molecular flexibility index (Phi) is 9.67. The number of nitrogens with zero attached hydrogens (tertiary/aromatic N) is 1. The quantitative estimate of drug-likeness (QED) is 0.828. The van der Waals surface area contributed by atoms with E-state index < -0.39 is 0 Å². The number of benzene rings is 1. The molecule has 1 N–H and O–H groups in total. The van der Waals surface area contributed by atoms with E-state index in [1.165, 1.54) is 5.56 Å². The van der Waals surface area contributed by atoms with Crippen molar-refractivity contribution in [3.8, 4) is 0 Å². The predicted molar refractivity (Wildman–Crippen MR) is 91.1 cm³/mol. The summed E-state index contributed by atoms with van der Waals surface area (Å²) in [5, 5.41) is 4.21. The number of piperazine rings is 1. The van der Waals surface area contributed by atoms with E-state index in [0.29, 0.717) is 6.04 Å². The van der Waals surface area contributed by atoms with Crippen LogP contribution in [-0.2, 0) is 0 Å². The van der Waals surface area contributed by atoms with Crippen molar-refractivity contribution in [2.75, 3.05) is 26.2 Å². The first-order valence-corrected chi connectivity index (χ1v) is 7.29. The molecule has 1 aliphatic heterocycles. The molecule has 19 heavy (non-hydrogen) atoms. The van der Waals surface area contributed by atoms with Gasteiger partial charge in [-0.15, -0.1) is 24.8 Å². The Bertz CT molecular complexity index is 384. The van der Waals surface area contributed by atoms with Gasteiger partial charge in [-0.25, -0.2) is 0 Å². The van der Waals surface area contributed by atoms with Gasteiger partial charge in [0.2, 0.25) is 0 Å². The van der Waals surface area contributed by atoms with Crippen molar-refractivity contribution in [2.24, 2.45) is 0 Å². The lowest BCUT2D eigenvalue weighted by atomic mass is 10.0. The van der Waals surface area contributed by atoms with Crippen LogP contribution in [0.1, 0.15) is 24.9 Å². The highest BCUT2D eigenvalue weighted by Crippen LogP contribution is 2.32. The summed E-state index contributed by atoms with van der Waals surface area (Å²) in [6, 6.07) is 6.52. The Morgan fingerprint density at radius 3 is 2.53 bits per heavy atom. The van der Waals surface area contributed by atoms with Crippen LogP contribution in [-0.4, -0.2) is 31.1 Å². The minimum absolute atomic E-state index is 0. The number of hydrogen-bond donors (Lipinski definition) is 1. The molecule has 0 amide bonds. The van der Waals surface area contributed by atoms with E-state index in [9.17, 15) is 0 Å². The molecular weight excluding hydrogens is 370 g/mol. The van der Waals surface area contributed by atoms with Gasteiger partial charge in [0.25, 0.3) is 0 Å². The molecule has 1 heterocycles. The molecule has 6 heteroatoms. The summed E-state index contributed by atoms with van der Waals surface area (Å²) in [6.07, 6.45) is 1.11. The molecule has 0 spiro atoms. The third-order valence-electron chi connectivity index (χ3n) is 3.30. The number of rotatable bonds is 3. The number of hydrogen-bond acceptors (Lipinski definition) is 2. The molecule has 0 radical (unpaired) electrons. The molecule has 0 bridgehead atoms. The summed E-state index contributed by atoms with van der Waals surface area (Å²) in [7, 11) is 0. The average molecular weight is 391 g/mol. The third-order valence-corrected chi connectivity index (χ3v) is 4.25. The topological polar surface area (TPSA) is 15.3 Å². The number of nitrogens with one attached hydrogen (secondary N) is 1. The highest BCUT2D eigenvalue weighted by molar-refractivity contribution is 9.10. The molecular formula is C13H20BrCl3N2. The van der Waals surface area contributed by atoms with Gasteiger partial charge in [0.1, 0.15) is 0 Å². The van der Waals surface area contributed by atoms with Crippen molar-refractivity contribution >= 4 is 52.3 Å². The van der Waals surface area contributed by atoms with Gasteiger partial charge in [-0.05, 0) is 30.2 Å². The van der Waals surface area contributed by atoms with Crippen LogP contribution in [0.3, 0.4) is 0 Å². The summed E-state index contributed by atoms with van der Waals surface area (Å²) < 4.78 is 1.16. The van der Waals surface area contributed by atoms with Gasteiger partial charge in [0, 0.05) is 41.7 Å². The second kappa shape index (κ2) is 9.43. The minimum Gasteiger partial charge on any atom is -0.314 e. The van der Waals surface area contributed by atoms with Gasteiger partial charge in [0.05, 0.1) is 0 Å². The van der Waals surface area contributed by atoms with Gasteiger partial charge in [0.15, 0.2) is 0 Å². The fourth-order valence-electron chi connectivity index (χ4n) is 2.44. The van der Waals surface area contributed by atoms with Gasteiger partial charge in [-0.1, -0.05) is 34.5 Å². The molecule has 1 fully saturated rings. The van der Waals surface area contributed by atoms with E-state index in [1.807, 2.05) is 12.1 Å². The van der Waals surface area contributed by atoms with Crippen LogP contribution in [0.2, 0.25) is 5.02 Å². The maximum absolute atomic E-state index is 6.11. The molecule has 110 valence electrons. The lowest BCUT2D eigenvalue weighted by molar-refractivity contribution is 0.169. The molecule has 1 atom stereocenters. The summed E-state index contributed by atoms with van der Waals surface area (Å²) >= 11 is 9.74. The molecule has 0 saturated carbocycles. The molecule has 1 aromatic rings. The van der Waals surface area contributed by atoms with Crippen molar-refractivity contribution in [1.29, 1.82) is 0 Å². The first-order chi connectivity index (χ1) is 8.22. The monoisotopic (exact) mass is 388 g/mol. The molecule has 1 aliphatic rings. The van der Waals surface area contributed by atoms with Crippen LogP contribution in [0.4, 0.5) is 0 Å². The smallest absolute Gasteiger partial charge is 0.0410 e. The molecule has 0 aromatic heterocycles. The fourth-order valence-corrected chi connectivity index (χ4v) is 3.13. The van der Waals surface area contributed by atoms with Crippen molar-refractivity contribution in [3.63, 3.8) is 0 Å². The van der Waals surface area contributed by atoms with Crippen molar-refractivity contribution in [3.05, 3.63) is 33.3 Å². The van der Waals surface area contributed by atoms with Crippen LogP contribution in [0.25, 0.3) is 0 Å². The van der Waals surface area contributed by atoms with Gasteiger partial charge >= 0.3 is 0 Å². The minimum atomic E-state index is 0. The van der Waals surface area contributed by atoms with Gasteiger partial charge in [-0.2, -0.15) is 0 Å². The highest BCUT2D eigenvalue weighted by atomic mass is 79.9. The zero-order valence-corrected chi connectivity index (χ0v) is 14.8. The molecule has 1 saturated heterocycles. The normalized spacial score (nSPS) is 17.2. The maximum atomic E-state index is 6.11. The maximum Gasteiger partial charge on any atom is 0.0410 e. The fraction of sp³-hybridized carbons (Fsp3) is 0.538. The Morgan fingerprint density at radius 1 is 1.32 bits per heavy atom. The number of halogens is 4.